The number of piperazine rings is 1. The maximum Gasteiger partial charge on any atom is 0.257 e. The number of rotatable bonds is 4. The summed E-state index contributed by atoms with van der Waals surface area (Å²) in [6.07, 6.45) is 0. The summed E-state index contributed by atoms with van der Waals surface area (Å²) in [4.78, 5) is 30.2. The minimum Gasteiger partial charge on any atom is -0.496 e. The molecule has 0 unspecified atom stereocenters. The minimum absolute atomic E-state index is 0.0852. The number of nitrogens with zero attached hydrogens (tertiary/aromatic N) is 2. The average Bonchev–Trinajstić information content (AvgIpc) is 2.90. The molecule has 0 N–H and O–H groups in total. The van der Waals surface area contributed by atoms with Crippen LogP contribution in [0.15, 0.2) is 72.8 Å². The Balaban J connectivity index is 1.34. The summed E-state index contributed by atoms with van der Waals surface area (Å²) in [5.41, 5.74) is 1.08. The first kappa shape index (κ1) is 21.8. The SMILES string of the molecule is COc1cc2ccccc2cc1C(=O)N1CCN(C(=O)c2cc3ccccc3cc2OC)CC1. The second-order valence-electron chi connectivity index (χ2n) is 8.38. The fraction of sp³-hybridized carbons (Fsp3) is 0.214. The number of hydrogen-bond donors (Lipinski definition) is 0. The highest BCUT2D eigenvalue weighted by atomic mass is 16.5. The van der Waals surface area contributed by atoms with E-state index in [9.17, 15) is 9.59 Å². The van der Waals surface area contributed by atoms with Gasteiger partial charge in [0.25, 0.3) is 11.8 Å². The molecule has 0 radical (unpaired) electrons. The van der Waals surface area contributed by atoms with E-state index in [2.05, 4.69) is 0 Å². The van der Waals surface area contributed by atoms with Gasteiger partial charge in [0.05, 0.1) is 25.3 Å². The van der Waals surface area contributed by atoms with E-state index in [0.29, 0.717) is 48.8 Å². The quantitative estimate of drug-likeness (QED) is 0.452. The summed E-state index contributed by atoms with van der Waals surface area (Å²) in [7, 11) is 3.16. The zero-order valence-corrected chi connectivity index (χ0v) is 19.3. The topological polar surface area (TPSA) is 59.1 Å². The number of benzene rings is 4. The largest absolute Gasteiger partial charge is 0.496 e. The molecule has 4 aromatic rings. The van der Waals surface area contributed by atoms with Gasteiger partial charge in [-0.25, -0.2) is 0 Å². The van der Waals surface area contributed by atoms with Crippen molar-refractivity contribution in [2.24, 2.45) is 0 Å². The van der Waals surface area contributed by atoms with Crippen molar-refractivity contribution in [3.05, 3.63) is 83.9 Å². The Morgan fingerprint density at radius 1 is 0.588 bits per heavy atom. The van der Waals surface area contributed by atoms with Crippen LogP contribution in [0.2, 0.25) is 0 Å². The van der Waals surface area contributed by atoms with Crippen molar-refractivity contribution >= 4 is 33.4 Å². The fourth-order valence-corrected chi connectivity index (χ4v) is 4.56. The molecular formula is C28H26N2O4. The van der Waals surface area contributed by atoms with Crippen molar-refractivity contribution < 1.29 is 19.1 Å². The molecule has 6 nitrogen and oxygen atoms in total. The summed E-state index contributed by atoms with van der Waals surface area (Å²) in [6, 6.07) is 23.4. The molecule has 1 fully saturated rings. The molecule has 2 amide bonds. The number of carbonyl (C=O) groups is 2. The van der Waals surface area contributed by atoms with E-state index < -0.39 is 0 Å². The van der Waals surface area contributed by atoms with Gasteiger partial charge in [-0.1, -0.05) is 48.5 Å². The summed E-state index contributed by atoms with van der Waals surface area (Å²) in [5, 5.41) is 4.03. The summed E-state index contributed by atoms with van der Waals surface area (Å²) >= 11 is 0. The molecular weight excluding hydrogens is 428 g/mol. The molecule has 1 aliphatic rings. The molecule has 4 aromatic carbocycles. The summed E-state index contributed by atoms with van der Waals surface area (Å²) in [6.45, 7) is 1.82. The zero-order valence-electron chi connectivity index (χ0n) is 19.3. The molecule has 0 aromatic heterocycles. The standard InChI is InChI=1S/C28H26N2O4/c1-33-25-17-21-9-5-3-7-19(21)15-23(25)27(31)29-11-13-30(14-12-29)28(32)24-16-20-8-4-6-10-22(20)18-26(24)34-2/h3-10,15-18H,11-14H2,1-2H3. The third kappa shape index (κ3) is 3.92. The van der Waals surface area contributed by atoms with Crippen LogP contribution in [0, 0.1) is 0 Å². The molecule has 0 saturated carbocycles. The van der Waals surface area contributed by atoms with Gasteiger partial charge in [-0.15, -0.1) is 0 Å². The summed E-state index contributed by atoms with van der Waals surface area (Å²) in [5.74, 6) is 0.946. The van der Waals surface area contributed by atoms with Gasteiger partial charge in [-0.3, -0.25) is 9.59 Å². The Morgan fingerprint density at radius 2 is 0.912 bits per heavy atom. The molecule has 172 valence electrons. The van der Waals surface area contributed by atoms with Crippen LogP contribution in [0.3, 0.4) is 0 Å². The van der Waals surface area contributed by atoms with Crippen LogP contribution < -0.4 is 9.47 Å². The smallest absolute Gasteiger partial charge is 0.257 e. The van der Waals surface area contributed by atoms with Crippen LogP contribution in [-0.2, 0) is 0 Å². The van der Waals surface area contributed by atoms with Crippen LogP contribution in [0.25, 0.3) is 21.5 Å². The molecule has 5 rings (SSSR count). The second kappa shape index (κ2) is 9.06. The van der Waals surface area contributed by atoms with Crippen molar-refractivity contribution in [3.8, 4) is 11.5 Å². The maximum absolute atomic E-state index is 13.3. The minimum atomic E-state index is -0.0852. The lowest BCUT2D eigenvalue weighted by Crippen LogP contribution is -2.50. The second-order valence-corrected chi connectivity index (χ2v) is 8.38. The number of ether oxygens (including phenoxy) is 2. The first-order valence-corrected chi connectivity index (χ1v) is 11.3. The number of fused-ring (bicyclic) bond motifs is 2. The monoisotopic (exact) mass is 454 g/mol. The Kier molecular flexibility index (Phi) is 5.80. The predicted octanol–water partition coefficient (Wildman–Crippen LogP) is 4.61. The van der Waals surface area contributed by atoms with E-state index in [1.165, 1.54) is 0 Å². The molecule has 6 heteroatoms. The third-order valence-corrected chi connectivity index (χ3v) is 6.45. The third-order valence-electron chi connectivity index (χ3n) is 6.45. The molecule has 0 atom stereocenters. The molecule has 1 aliphatic heterocycles. The highest BCUT2D eigenvalue weighted by Gasteiger charge is 2.28. The lowest BCUT2D eigenvalue weighted by Gasteiger charge is -2.35. The highest BCUT2D eigenvalue weighted by molar-refractivity contribution is 6.03. The van der Waals surface area contributed by atoms with Gasteiger partial charge in [-0.05, 0) is 45.8 Å². The first-order chi connectivity index (χ1) is 16.6. The van der Waals surface area contributed by atoms with Gasteiger partial charge in [0, 0.05) is 26.2 Å². The van der Waals surface area contributed by atoms with Crippen LogP contribution >= 0.6 is 0 Å². The van der Waals surface area contributed by atoms with Crippen molar-refractivity contribution in [3.63, 3.8) is 0 Å². The normalized spacial score (nSPS) is 13.8. The Bertz CT molecular complexity index is 1280. The van der Waals surface area contributed by atoms with E-state index in [-0.39, 0.29) is 11.8 Å². The van der Waals surface area contributed by atoms with Gasteiger partial charge in [0.2, 0.25) is 0 Å². The number of amides is 2. The zero-order chi connectivity index (χ0) is 23.7. The van der Waals surface area contributed by atoms with E-state index in [4.69, 9.17) is 9.47 Å². The fourth-order valence-electron chi connectivity index (χ4n) is 4.56. The van der Waals surface area contributed by atoms with Crippen LogP contribution in [0.5, 0.6) is 11.5 Å². The van der Waals surface area contributed by atoms with Gasteiger partial charge >= 0.3 is 0 Å². The molecule has 34 heavy (non-hydrogen) atoms. The van der Waals surface area contributed by atoms with Crippen molar-refractivity contribution in [1.29, 1.82) is 0 Å². The first-order valence-electron chi connectivity index (χ1n) is 11.3. The Hall–Kier alpha value is -4.06. The maximum atomic E-state index is 13.3. The van der Waals surface area contributed by atoms with Gasteiger partial charge in [0.15, 0.2) is 0 Å². The number of hydrogen-bond acceptors (Lipinski definition) is 4. The lowest BCUT2D eigenvalue weighted by molar-refractivity contribution is 0.0532. The van der Waals surface area contributed by atoms with Crippen molar-refractivity contribution in [2.75, 3.05) is 40.4 Å². The number of carbonyl (C=O) groups excluding carboxylic acids is 2. The van der Waals surface area contributed by atoms with Crippen molar-refractivity contribution in [1.82, 2.24) is 9.80 Å². The molecule has 1 saturated heterocycles. The predicted molar refractivity (Wildman–Crippen MR) is 133 cm³/mol. The van der Waals surface area contributed by atoms with Gasteiger partial charge < -0.3 is 19.3 Å². The van der Waals surface area contributed by atoms with Gasteiger partial charge in [-0.2, -0.15) is 0 Å². The van der Waals surface area contributed by atoms with E-state index >= 15 is 0 Å². The van der Waals surface area contributed by atoms with Crippen LogP contribution in [-0.4, -0.2) is 62.0 Å². The van der Waals surface area contributed by atoms with E-state index in [0.717, 1.165) is 21.5 Å². The molecule has 0 aliphatic carbocycles. The highest BCUT2D eigenvalue weighted by Crippen LogP contribution is 2.29. The molecule has 0 bridgehead atoms. The molecule has 1 heterocycles. The molecule has 0 spiro atoms. The van der Waals surface area contributed by atoms with Crippen LogP contribution in [0.1, 0.15) is 20.7 Å². The summed E-state index contributed by atoms with van der Waals surface area (Å²) < 4.78 is 11.0. The van der Waals surface area contributed by atoms with Gasteiger partial charge in [0.1, 0.15) is 11.5 Å². The number of methoxy groups -OCH3 is 2. The Labute approximate surface area is 198 Å². The van der Waals surface area contributed by atoms with E-state index in [1.807, 2.05) is 72.8 Å². The average molecular weight is 455 g/mol. The van der Waals surface area contributed by atoms with E-state index in [1.54, 1.807) is 24.0 Å². The van der Waals surface area contributed by atoms with Crippen LogP contribution in [0.4, 0.5) is 0 Å². The lowest BCUT2D eigenvalue weighted by atomic mass is 10.0. The Morgan fingerprint density at radius 3 is 1.24 bits per heavy atom. The van der Waals surface area contributed by atoms with Crippen molar-refractivity contribution in [2.45, 2.75) is 0 Å².